The number of carbonyl (C=O) groups is 2. The molecule has 1 aromatic heterocycles. The molecule has 0 spiro atoms. The van der Waals surface area contributed by atoms with Gasteiger partial charge >= 0.3 is 5.97 Å². The molecule has 0 fully saturated rings. The Labute approximate surface area is 103 Å². The van der Waals surface area contributed by atoms with Crippen LogP contribution in [-0.2, 0) is 4.79 Å². The highest BCUT2D eigenvalue weighted by atomic mass is 16.4. The van der Waals surface area contributed by atoms with Gasteiger partial charge in [0.25, 0.3) is 5.91 Å². The van der Waals surface area contributed by atoms with Crippen molar-refractivity contribution in [3.63, 3.8) is 0 Å². The number of H-pyrrole nitrogens is 1. The standard InChI is InChI=1S/C12H13N3O3/c1-12(2,11(17)18)14-10(16)7-3-4-8-6-13-15-9(8)5-7/h3-6H,1-2H3,(H,13,15)(H,14,16)(H,17,18). The first-order chi connectivity index (χ1) is 8.40. The molecule has 0 saturated heterocycles. The number of aromatic amines is 1. The largest absolute Gasteiger partial charge is 0.480 e. The van der Waals surface area contributed by atoms with Crippen LogP contribution in [0.5, 0.6) is 0 Å². The number of benzene rings is 1. The predicted octanol–water partition coefficient (Wildman–Crippen LogP) is 1.16. The number of carboxylic acids is 1. The van der Waals surface area contributed by atoms with Crippen LogP contribution in [0.4, 0.5) is 0 Å². The normalized spacial score (nSPS) is 11.4. The number of hydrogen-bond acceptors (Lipinski definition) is 3. The van der Waals surface area contributed by atoms with E-state index in [0.29, 0.717) is 5.56 Å². The van der Waals surface area contributed by atoms with E-state index >= 15 is 0 Å². The van der Waals surface area contributed by atoms with Crippen molar-refractivity contribution < 1.29 is 14.7 Å². The Hall–Kier alpha value is -2.37. The fourth-order valence-electron chi connectivity index (χ4n) is 1.49. The number of aromatic nitrogens is 2. The Bertz CT molecular complexity index is 616. The van der Waals surface area contributed by atoms with Crippen LogP contribution >= 0.6 is 0 Å². The Morgan fingerprint density at radius 2 is 2.11 bits per heavy atom. The lowest BCUT2D eigenvalue weighted by Crippen LogP contribution is -2.49. The quantitative estimate of drug-likeness (QED) is 0.758. The molecule has 1 heterocycles. The summed E-state index contributed by atoms with van der Waals surface area (Å²) in [7, 11) is 0. The summed E-state index contributed by atoms with van der Waals surface area (Å²) in [5.41, 5.74) is -0.183. The van der Waals surface area contributed by atoms with Crippen molar-refractivity contribution in [2.45, 2.75) is 19.4 Å². The summed E-state index contributed by atoms with van der Waals surface area (Å²) >= 11 is 0. The van der Waals surface area contributed by atoms with Gasteiger partial charge in [0.1, 0.15) is 5.54 Å². The number of nitrogens with zero attached hydrogens (tertiary/aromatic N) is 1. The number of carboxylic acid groups (broad SMARTS) is 1. The van der Waals surface area contributed by atoms with Gasteiger partial charge in [-0.25, -0.2) is 4.79 Å². The average Bonchev–Trinajstić information content (AvgIpc) is 2.74. The molecule has 0 aliphatic heterocycles. The van der Waals surface area contributed by atoms with Gasteiger partial charge in [-0.15, -0.1) is 0 Å². The molecule has 3 N–H and O–H groups in total. The Morgan fingerprint density at radius 3 is 2.78 bits per heavy atom. The minimum absolute atomic E-state index is 0.390. The molecular weight excluding hydrogens is 234 g/mol. The van der Waals surface area contributed by atoms with Crippen LogP contribution in [0, 0.1) is 0 Å². The van der Waals surface area contributed by atoms with Gasteiger partial charge in [-0.3, -0.25) is 9.89 Å². The van der Waals surface area contributed by atoms with Crippen molar-refractivity contribution in [2.24, 2.45) is 0 Å². The lowest BCUT2D eigenvalue weighted by molar-refractivity contribution is -0.143. The Kier molecular flexibility index (Phi) is 2.78. The van der Waals surface area contributed by atoms with Gasteiger partial charge in [-0.05, 0) is 26.0 Å². The minimum Gasteiger partial charge on any atom is -0.480 e. The molecule has 0 saturated carbocycles. The second-order valence-electron chi connectivity index (χ2n) is 4.56. The number of rotatable bonds is 3. The van der Waals surface area contributed by atoms with E-state index in [1.807, 2.05) is 0 Å². The summed E-state index contributed by atoms with van der Waals surface area (Å²) < 4.78 is 0. The molecule has 2 aromatic rings. The van der Waals surface area contributed by atoms with E-state index in [1.165, 1.54) is 13.8 Å². The summed E-state index contributed by atoms with van der Waals surface area (Å²) in [6, 6.07) is 5.02. The third kappa shape index (κ3) is 2.17. The van der Waals surface area contributed by atoms with E-state index in [9.17, 15) is 9.59 Å². The van der Waals surface area contributed by atoms with Gasteiger partial charge in [-0.1, -0.05) is 6.07 Å². The van der Waals surface area contributed by atoms with Gasteiger partial charge in [0, 0.05) is 10.9 Å². The zero-order valence-electron chi connectivity index (χ0n) is 10.0. The highest BCUT2D eigenvalue weighted by molar-refractivity contribution is 6.00. The molecule has 0 aliphatic rings. The van der Waals surface area contributed by atoms with E-state index in [-0.39, 0.29) is 0 Å². The van der Waals surface area contributed by atoms with Crippen LogP contribution in [-0.4, -0.2) is 32.7 Å². The second-order valence-corrected chi connectivity index (χ2v) is 4.56. The van der Waals surface area contributed by atoms with Crippen LogP contribution < -0.4 is 5.32 Å². The summed E-state index contributed by atoms with van der Waals surface area (Å²) in [4.78, 5) is 22.8. The van der Waals surface area contributed by atoms with Crippen LogP contribution in [0.1, 0.15) is 24.2 Å². The molecule has 0 unspecified atom stereocenters. The molecule has 0 bridgehead atoms. The van der Waals surface area contributed by atoms with Crippen LogP contribution in [0.3, 0.4) is 0 Å². The van der Waals surface area contributed by atoms with Crippen LogP contribution in [0.25, 0.3) is 10.9 Å². The molecule has 0 radical (unpaired) electrons. The lowest BCUT2D eigenvalue weighted by Gasteiger charge is -2.20. The number of nitrogens with one attached hydrogen (secondary N) is 2. The molecule has 6 nitrogen and oxygen atoms in total. The molecule has 6 heteroatoms. The first-order valence-corrected chi connectivity index (χ1v) is 5.39. The highest BCUT2D eigenvalue weighted by Gasteiger charge is 2.29. The highest BCUT2D eigenvalue weighted by Crippen LogP contribution is 2.13. The second kappa shape index (κ2) is 4.14. The number of amides is 1. The van der Waals surface area contributed by atoms with Gasteiger partial charge in [0.2, 0.25) is 0 Å². The third-order valence-electron chi connectivity index (χ3n) is 2.66. The summed E-state index contributed by atoms with van der Waals surface area (Å²) in [6.07, 6.45) is 1.65. The minimum atomic E-state index is -1.31. The Balaban J connectivity index is 2.25. The lowest BCUT2D eigenvalue weighted by atomic mass is 10.0. The van der Waals surface area contributed by atoms with E-state index < -0.39 is 17.4 Å². The zero-order valence-corrected chi connectivity index (χ0v) is 10.0. The smallest absolute Gasteiger partial charge is 0.328 e. The number of aliphatic carboxylic acids is 1. The maximum atomic E-state index is 11.9. The van der Waals surface area contributed by atoms with E-state index in [1.54, 1.807) is 24.4 Å². The SMILES string of the molecule is CC(C)(NC(=O)c1ccc2cn[nH]c2c1)C(=O)O. The Morgan fingerprint density at radius 1 is 1.39 bits per heavy atom. The maximum absolute atomic E-state index is 11.9. The first-order valence-electron chi connectivity index (χ1n) is 5.39. The third-order valence-corrected chi connectivity index (χ3v) is 2.66. The van der Waals surface area contributed by atoms with E-state index in [0.717, 1.165) is 10.9 Å². The van der Waals surface area contributed by atoms with E-state index in [4.69, 9.17) is 5.11 Å². The zero-order chi connectivity index (χ0) is 13.3. The van der Waals surface area contributed by atoms with Gasteiger partial charge in [-0.2, -0.15) is 5.10 Å². The topological polar surface area (TPSA) is 95.1 Å². The molecular formula is C12H13N3O3. The molecule has 0 aliphatic carbocycles. The average molecular weight is 247 g/mol. The van der Waals surface area contributed by atoms with Crippen molar-refractivity contribution >= 4 is 22.8 Å². The maximum Gasteiger partial charge on any atom is 0.328 e. The van der Waals surface area contributed by atoms with Crippen molar-refractivity contribution in [3.8, 4) is 0 Å². The number of hydrogen-bond donors (Lipinski definition) is 3. The van der Waals surface area contributed by atoms with Crippen LogP contribution in [0.2, 0.25) is 0 Å². The summed E-state index contributed by atoms with van der Waals surface area (Å²) in [6.45, 7) is 2.87. The monoisotopic (exact) mass is 247 g/mol. The number of fused-ring (bicyclic) bond motifs is 1. The number of carbonyl (C=O) groups excluding carboxylic acids is 1. The fraction of sp³-hybridized carbons (Fsp3) is 0.250. The van der Waals surface area contributed by atoms with Crippen molar-refractivity contribution in [2.75, 3.05) is 0 Å². The summed E-state index contributed by atoms with van der Waals surface area (Å²) in [5, 5.41) is 18.9. The summed E-state index contributed by atoms with van der Waals surface area (Å²) in [5.74, 6) is -1.52. The van der Waals surface area contributed by atoms with Gasteiger partial charge < -0.3 is 10.4 Å². The van der Waals surface area contributed by atoms with Crippen molar-refractivity contribution in [3.05, 3.63) is 30.0 Å². The molecule has 94 valence electrons. The molecule has 18 heavy (non-hydrogen) atoms. The molecule has 1 amide bonds. The van der Waals surface area contributed by atoms with Gasteiger partial charge in [0.05, 0.1) is 11.7 Å². The van der Waals surface area contributed by atoms with E-state index in [2.05, 4.69) is 15.5 Å². The molecule has 1 aromatic carbocycles. The van der Waals surface area contributed by atoms with Crippen molar-refractivity contribution in [1.29, 1.82) is 0 Å². The fourth-order valence-corrected chi connectivity index (χ4v) is 1.49. The van der Waals surface area contributed by atoms with Gasteiger partial charge in [0.15, 0.2) is 0 Å². The molecule has 2 rings (SSSR count). The molecule has 0 atom stereocenters. The first kappa shape index (κ1) is 12.1. The van der Waals surface area contributed by atoms with Crippen molar-refractivity contribution in [1.82, 2.24) is 15.5 Å². The van der Waals surface area contributed by atoms with Crippen LogP contribution in [0.15, 0.2) is 24.4 Å². The predicted molar refractivity (Wildman–Crippen MR) is 65.3 cm³/mol.